The van der Waals surface area contributed by atoms with E-state index in [-0.39, 0.29) is 18.4 Å². The van der Waals surface area contributed by atoms with Crippen molar-refractivity contribution in [3.63, 3.8) is 0 Å². The minimum Gasteiger partial charge on any atom is -0.340 e. The second kappa shape index (κ2) is 7.73. The van der Waals surface area contributed by atoms with Crippen molar-refractivity contribution in [1.82, 2.24) is 30.3 Å². The first-order valence-corrected chi connectivity index (χ1v) is 8.80. The Morgan fingerprint density at radius 1 is 1.33 bits per heavy atom. The summed E-state index contributed by atoms with van der Waals surface area (Å²) in [6.07, 6.45) is 0.719. The minimum absolute atomic E-state index is 0.247. The van der Waals surface area contributed by atoms with Gasteiger partial charge in [0.15, 0.2) is 5.82 Å². The fraction of sp³-hybridized carbons (Fsp3) is 0.444. The van der Waals surface area contributed by atoms with Gasteiger partial charge in [-0.15, -0.1) is 0 Å². The van der Waals surface area contributed by atoms with Crippen molar-refractivity contribution in [1.29, 1.82) is 0 Å². The van der Waals surface area contributed by atoms with Gasteiger partial charge in [0, 0.05) is 13.5 Å². The van der Waals surface area contributed by atoms with Crippen molar-refractivity contribution >= 4 is 17.1 Å². The zero-order valence-electron chi connectivity index (χ0n) is 15.8. The van der Waals surface area contributed by atoms with E-state index in [1.54, 1.807) is 20.0 Å². The number of carbonyl (C=O) groups excluding carboxylic acids is 1. The lowest BCUT2D eigenvalue weighted by Crippen LogP contribution is -2.38. The number of urea groups is 1. The smallest absolute Gasteiger partial charge is 0.318 e. The van der Waals surface area contributed by atoms with Crippen molar-refractivity contribution in [2.75, 3.05) is 7.05 Å². The topological polar surface area (TPSA) is 99.9 Å². The normalized spacial score (nSPS) is 12.5. The highest BCUT2D eigenvalue weighted by molar-refractivity contribution is 5.76. The highest BCUT2D eigenvalue weighted by Gasteiger charge is 2.19. The van der Waals surface area contributed by atoms with Gasteiger partial charge >= 0.3 is 6.03 Å². The number of fused-ring (bicyclic) bond motifs is 1. The SMILES string of the molecule is CC(C)Cc1noc([C@@H](C)NC(=O)N(C)Cc2nc3ccc(F)cc3[nH]2)n1. The van der Waals surface area contributed by atoms with Crippen LogP contribution in [0.2, 0.25) is 0 Å². The molecule has 0 aliphatic carbocycles. The van der Waals surface area contributed by atoms with E-state index in [0.29, 0.717) is 34.5 Å². The fourth-order valence-electron chi connectivity index (χ4n) is 2.65. The molecule has 0 bridgehead atoms. The summed E-state index contributed by atoms with van der Waals surface area (Å²) in [6, 6.07) is 3.59. The first-order valence-electron chi connectivity index (χ1n) is 8.80. The quantitative estimate of drug-likeness (QED) is 0.690. The van der Waals surface area contributed by atoms with Gasteiger partial charge in [-0.2, -0.15) is 4.98 Å². The van der Waals surface area contributed by atoms with Gasteiger partial charge in [0.1, 0.15) is 17.7 Å². The molecule has 0 fully saturated rings. The Bertz CT molecular complexity index is 935. The summed E-state index contributed by atoms with van der Waals surface area (Å²) in [5.74, 6) is 1.64. The number of carbonyl (C=O) groups is 1. The van der Waals surface area contributed by atoms with Gasteiger partial charge in [-0.05, 0) is 31.0 Å². The Kier molecular flexibility index (Phi) is 5.38. The molecule has 2 N–H and O–H groups in total. The van der Waals surface area contributed by atoms with E-state index in [2.05, 4.69) is 39.3 Å². The number of hydrogen-bond acceptors (Lipinski definition) is 5. The molecule has 144 valence electrons. The maximum Gasteiger partial charge on any atom is 0.318 e. The first-order chi connectivity index (χ1) is 12.8. The number of imidazole rings is 1. The van der Waals surface area contributed by atoms with Crippen LogP contribution < -0.4 is 5.32 Å². The number of nitrogens with zero attached hydrogens (tertiary/aromatic N) is 4. The molecule has 1 aromatic carbocycles. The largest absolute Gasteiger partial charge is 0.340 e. The zero-order chi connectivity index (χ0) is 19.6. The summed E-state index contributed by atoms with van der Waals surface area (Å²) in [5, 5.41) is 6.75. The van der Waals surface area contributed by atoms with E-state index in [1.165, 1.54) is 17.0 Å². The third-order valence-electron chi connectivity index (χ3n) is 4.01. The summed E-state index contributed by atoms with van der Waals surface area (Å²) in [6.45, 7) is 6.17. The van der Waals surface area contributed by atoms with Crippen molar-refractivity contribution in [3.8, 4) is 0 Å². The van der Waals surface area contributed by atoms with Crippen molar-refractivity contribution in [2.45, 2.75) is 39.8 Å². The highest BCUT2D eigenvalue weighted by atomic mass is 19.1. The summed E-state index contributed by atoms with van der Waals surface area (Å²) in [7, 11) is 1.65. The monoisotopic (exact) mass is 374 g/mol. The van der Waals surface area contributed by atoms with Gasteiger partial charge in [0.2, 0.25) is 5.89 Å². The fourth-order valence-corrected chi connectivity index (χ4v) is 2.65. The summed E-state index contributed by atoms with van der Waals surface area (Å²) in [4.78, 5) is 25.6. The van der Waals surface area contributed by atoms with Crippen LogP contribution >= 0.6 is 0 Å². The maximum absolute atomic E-state index is 13.3. The number of aromatic nitrogens is 4. The van der Waals surface area contributed by atoms with Gasteiger partial charge in [0.25, 0.3) is 0 Å². The highest BCUT2D eigenvalue weighted by Crippen LogP contribution is 2.15. The predicted octanol–water partition coefficient (Wildman–Crippen LogP) is 3.19. The molecule has 9 heteroatoms. The molecule has 3 rings (SSSR count). The van der Waals surface area contributed by atoms with Crippen LogP contribution in [-0.4, -0.2) is 38.1 Å². The standard InChI is InChI=1S/C18H23FN6O2/c1-10(2)7-15-23-17(27-24-15)11(3)20-18(26)25(4)9-16-21-13-6-5-12(19)8-14(13)22-16/h5-6,8,10-11H,7,9H2,1-4H3,(H,20,26)(H,21,22)/t11-/m1/s1. The van der Waals surface area contributed by atoms with Crippen LogP contribution in [0.1, 0.15) is 44.4 Å². The third-order valence-corrected chi connectivity index (χ3v) is 4.01. The van der Waals surface area contributed by atoms with Crippen LogP contribution in [0.4, 0.5) is 9.18 Å². The Labute approximate surface area is 156 Å². The van der Waals surface area contributed by atoms with E-state index in [4.69, 9.17) is 4.52 Å². The van der Waals surface area contributed by atoms with Gasteiger partial charge < -0.3 is 19.7 Å². The lowest BCUT2D eigenvalue weighted by Gasteiger charge is -2.18. The van der Waals surface area contributed by atoms with Gasteiger partial charge in [-0.3, -0.25) is 0 Å². The molecule has 27 heavy (non-hydrogen) atoms. The number of H-pyrrole nitrogens is 1. The number of hydrogen-bond donors (Lipinski definition) is 2. The number of benzene rings is 1. The Balaban J connectivity index is 1.60. The number of rotatable bonds is 6. The Morgan fingerprint density at radius 3 is 2.85 bits per heavy atom. The summed E-state index contributed by atoms with van der Waals surface area (Å²) < 4.78 is 18.5. The summed E-state index contributed by atoms with van der Waals surface area (Å²) in [5.41, 5.74) is 1.24. The molecular weight excluding hydrogens is 351 g/mol. The molecule has 0 aliphatic heterocycles. The van der Waals surface area contributed by atoms with E-state index in [0.717, 1.165) is 6.42 Å². The molecule has 1 atom stereocenters. The zero-order valence-corrected chi connectivity index (χ0v) is 15.8. The molecule has 0 saturated heterocycles. The Hall–Kier alpha value is -2.97. The maximum atomic E-state index is 13.3. The van der Waals surface area contributed by atoms with E-state index < -0.39 is 6.04 Å². The van der Waals surface area contributed by atoms with Crippen LogP contribution in [0.15, 0.2) is 22.7 Å². The lowest BCUT2D eigenvalue weighted by atomic mass is 10.1. The van der Waals surface area contributed by atoms with Gasteiger partial charge in [-0.25, -0.2) is 14.2 Å². The second-order valence-electron chi connectivity index (χ2n) is 7.02. The number of nitrogens with one attached hydrogen (secondary N) is 2. The lowest BCUT2D eigenvalue weighted by molar-refractivity contribution is 0.199. The molecule has 0 unspecified atom stereocenters. The average molecular weight is 374 g/mol. The van der Waals surface area contributed by atoms with Crippen LogP contribution in [0.5, 0.6) is 0 Å². The predicted molar refractivity (Wildman–Crippen MR) is 97.3 cm³/mol. The van der Waals surface area contributed by atoms with E-state index in [1.807, 2.05) is 0 Å². The number of amides is 2. The van der Waals surface area contributed by atoms with Crippen molar-refractivity contribution < 1.29 is 13.7 Å². The van der Waals surface area contributed by atoms with Gasteiger partial charge in [0.05, 0.1) is 17.6 Å². The van der Waals surface area contributed by atoms with Crippen LogP contribution in [0, 0.1) is 11.7 Å². The van der Waals surface area contributed by atoms with Crippen LogP contribution in [0.3, 0.4) is 0 Å². The molecule has 2 heterocycles. The molecule has 8 nitrogen and oxygen atoms in total. The first kappa shape index (κ1) is 18.8. The molecule has 0 radical (unpaired) electrons. The van der Waals surface area contributed by atoms with Crippen molar-refractivity contribution in [3.05, 3.63) is 41.6 Å². The van der Waals surface area contributed by atoms with Crippen LogP contribution in [-0.2, 0) is 13.0 Å². The van der Waals surface area contributed by atoms with Gasteiger partial charge in [-0.1, -0.05) is 19.0 Å². The molecule has 0 spiro atoms. The average Bonchev–Trinajstić information content (AvgIpc) is 3.20. The van der Waals surface area contributed by atoms with E-state index >= 15 is 0 Å². The van der Waals surface area contributed by atoms with Crippen LogP contribution in [0.25, 0.3) is 11.0 Å². The second-order valence-corrected chi connectivity index (χ2v) is 7.02. The minimum atomic E-state index is -0.418. The molecule has 2 aromatic heterocycles. The Morgan fingerprint density at radius 2 is 2.11 bits per heavy atom. The van der Waals surface area contributed by atoms with Crippen molar-refractivity contribution in [2.24, 2.45) is 5.92 Å². The van der Waals surface area contributed by atoms with E-state index in [9.17, 15) is 9.18 Å². The molecule has 0 saturated carbocycles. The molecule has 0 aliphatic rings. The number of aromatic amines is 1. The molecular formula is C18H23FN6O2. The third kappa shape index (κ3) is 4.60. The summed E-state index contributed by atoms with van der Waals surface area (Å²) >= 11 is 0. The molecule has 3 aromatic rings. The number of halogens is 1. The molecule has 2 amide bonds.